The summed E-state index contributed by atoms with van der Waals surface area (Å²) in [6, 6.07) is 31.9. The molecule has 4 aromatic carbocycles. The number of carbonyl (C=O) groups is 5. The average molecular weight is 895 g/mol. The molecule has 2 aliphatic heterocycles. The first-order valence-electron chi connectivity index (χ1n) is 22.3. The van der Waals surface area contributed by atoms with Crippen LogP contribution in [0.5, 0.6) is 0 Å². The van der Waals surface area contributed by atoms with Crippen molar-refractivity contribution < 1.29 is 33.4 Å². The first-order chi connectivity index (χ1) is 31.4. The zero-order chi connectivity index (χ0) is 45.6. The summed E-state index contributed by atoms with van der Waals surface area (Å²) in [5, 5.41) is 7.35. The number of hydrogen-bond donors (Lipinski definition) is 3. The van der Waals surface area contributed by atoms with E-state index in [0.29, 0.717) is 37.1 Å². The fourth-order valence-electron chi connectivity index (χ4n) is 8.74. The molecule has 0 bridgehead atoms. The number of nitrogens with zero attached hydrogens (tertiary/aromatic N) is 3. The van der Waals surface area contributed by atoms with Gasteiger partial charge in [-0.3, -0.25) is 14.4 Å². The van der Waals surface area contributed by atoms with Crippen molar-refractivity contribution in [2.45, 2.75) is 96.2 Å². The molecular formula is C51H54N6O7S. The Morgan fingerprint density at radius 1 is 0.708 bits per heavy atom. The zero-order valence-corrected chi connectivity index (χ0v) is 37.8. The Balaban J connectivity index is 0.926. The molecule has 65 heavy (non-hydrogen) atoms. The van der Waals surface area contributed by atoms with Gasteiger partial charge in [-0.1, -0.05) is 91.0 Å². The standard InChI is InChI=1S/C51H54N6O7S/c1-31(2)63-50(61)54-45(36-13-7-5-8-14-36)48(59)56-25-11-17-41(56)43(58)28-33-19-24-39-38(27-33)29-40(53-39)34-20-22-35(23-21-34)44-30-52-47(65-44)42-18-12-26-57(42)49(60)46(37-15-9-6-10-16-37)55-51(62)64-32(3)4/h5-10,13-16,19-24,27,29-32,41-42,45-46,53H,11-12,17-18,25-26,28H2,1-4H3,(H,54,61)(H,55,62)/t41-,42-,45+,46+/m0/s1. The molecule has 2 aromatic heterocycles. The van der Waals surface area contributed by atoms with Gasteiger partial charge in [-0.05, 0) is 99.4 Å². The van der Waals surface area contributed by atoms with E-state index in [4.69, 9.17) is 14.5 Å². The van der Waals surface area contributed by atoms with E-state index >= 15 is 0 Å². The Labute approximate surface area is 382 Å². The van der Waals surface area contributed by atoms with E-state index in [1.165, 1.54) is 0 Å². The molecule has 13 nitrogen and oxygen atoms in total. The Bertz CT molecular complexity index is 2650. The van der Waals surface area contributed by atoms with Crippen LogP contribution in [-0.4, -0.2) is 80.9 Å². The third-order valence-corrected chi connectivity index (χ3v) is 12.9. The van der Waals surface area contributed by atoms with Gasteiger partial charge in [-0.25, -0.2) is 14.6 Å². The number of fused-ring (bicyclic) bond motifs is 1. The molecule has 0 unspecified atom stereocenters. The number of aromatic amines is 1. The molecule has 14 heteroatoms. The van der Waals surface area contributed by atoms with E-state index in [1.807, 2.05) is 77.8 Å². The Hall–Kier alpha value is -6.80. The third-order valence-electron chi connectivity index (χ3n) is 11.8. The molecule has 0 radical (unpaired) electrons. The highest BCUT2D eigenvalue weighted by Crippen LogP contribution is 2.39. The molecule has 2 saturated heterocycles. The monoisotopic (exact) mass is 894 g/mol. The number of ether oxygens (including phenoxy) is 2. The second-order valence-corrected chi connectivity index (χ2v) is 18.2. The molecule has 6 aromatic rings. The summed E-state index contributed by atoms with van der Waals surface area (Å²) in [5.74, 6) is -0.575. The summed E-state index contributed by atoms with van der Waals surface area (Å²) >= 11 is 1.57. The van der Waals surface area contributed by atoms with Gasteiger partial charge >= 0.3 is 12.2 Å². The quantitative estimate of drug-likeness (QED) is 0.0974. The number of Topliss-reactive ketones (excluding diaryl/α,β-unsaturated/α-hetero) is 1. The van der Waals surface area contributed by atoms with Crippen molar-refractivity contribution in [2.75, 3.05) is 13.1 Å². The highest BCUT2D eigenvalue weighted by molar-refractivity contribution is 7.15. The van der Waals surface area contributed by atoms with Gasteiger partial charge in [0.2, 0.25) is 0 Å². The zero-order valence-electron chi connectivity index (χ0n) is 37.0. The van der Waals surface area contributed by atoms with Crippen molar-refractivity contribution in [3.05, 3.63) is 137 Å². The summed E-state index contributed by atoms with van der Waals surface area (Å²) in [5.41, 5.74) is 6.03. The van der Waals surface area contributed by atoms with E-state index in [0.717, 1.165) is 56.0 Å². The number of ketones is 1. The second kappa shape index (κ2) is 19.9. The lowest BCUT2D eigenvalue weighted by Gasteiger charge is -2.29. The predicted octanol–water partition coefficient (Wildman–Crippen LogP) is 9.48. The molecule has 4 heterocycles. The van der Waals surface area contributed by atoms with Gasteiger partial charge in [0.25, 0.3) is 11.8 Å². The van der Waals surface area contributed by atoms with Crippen LogP contribution in [0.15, 0.2) is 115 Å². The van der Waals surface area contributed by atoms with Crippen LogP contribution in [0.25, 0.3) is 32.6 Å². The topological polar surface area (TPSA) is 163 Å². The molecule has 2 aliphatic rings. The predicted molar refractivity (Wildman–Crippen MR) is 250 cm³/mol. The maximum atomic E-state index is 14.1. The summed E-state index contributed by atoms with van der Waals surface area (Å²) in [6.07, 6.45) is 2.87. The van der Waals surface area contributed by atoms with Crippen molar-refractivity contribution in [1.29, 1.82) is 0 Å². The number of thiazole rings is 1. The van der Waals surface area contributed by atoms with E-state index in [2.05, 4.69) is 45.9 Å². The summed E-state index contributed by atoms with van der Waals surface area (Å²) in [6.45, 7) is 8.01. The van der Waals surface area contributed by atoms with Crippen LogP contribution in [0.3, 0.4) is 0 Å². The number of alkyl carbamates (subject to hydrolysis) is 2. The summed E-state index contributed by atoms with van der Waals surface area (Å²) in [4.78, 5) is 80.1. The molecular weight excluding hydrogens is 841 g/mol. The maximum absolute atomic E-state index is 14.1. The third kappa shape index (κ3) is 10.4. The summed E-state index contributed by atoms with van der Waals surface area (Å²) < 4.78 is 10.6. The van der Waals surface area contributed by atoms with Crippen molar-refractivity contribution in [3.63, 3.8) is 0 Å². The highest BCUT2D eigenvalue weighted by Gasteiger charge is 2.39. The van der Waals surface area contributed by atoms with Crippen LogP contribution >= 0.6 is 11.3 Å². The van der Waals surface area contributed by atoms with Crippen LogP contribution in [0.4, 0.5) is 9.59 Å². The summed E-state index contributed by atoms with van der Waals surface area (Å²) in [7, 11) is 0. The number of aromatic nitrogens is 2. The molecule has 0 aliphatic carbocycles. The van der Waals surface area contributed by atoms with Gasteiger partial charge < -0.3 is 34.9 Å². The molecule has 2 fully saturated rings. The molecule has 4 amide bonds. The van der Waals surface area contributed by atoms with Crippen LogP contribution in [-0.2, 0) is 30.3 Å². The number of rotatable bonds is 14. The number of amides is 4. The van der Waals surface area contributed by atoms with Crippen LogP contribution in [0.1, 0.15) is 93.2 Å². The number of H-pyrrole nitrogens is 1. The number of nitrogens with one attached hydrogen (secondary N) is 3. The minimum atomic E-state index is -0.981. The van der Waals surface area contributed by atoms with Gasteiger partial charge in [0.05, 0.1) is 29.2 Å². The van der Waals surface area contributed by atoms with Crippen molar-refractivity contribution in [2.24, 2.45) is 0 Å². The lowest BCUT2D eigenvalue weighted by Crippen LogP contribution is -2.48. The fourth-order valence-corrected chi connectivity index (χ4v) is 9.81. The van der Waals surface area contributed by atoms with E-state index in [1.54, 1.807) is 56.1 Å². The minimum Gasteiger partial charge on any atom is -0.447 e. The Kier molecular flexibility index (Phi) is 13.7. The Morgan fingerprint density at radius 2 is 1.28 bits per heavy atom. The van der Waals surface area contributed by atoms with Gasteiger partial charge in [0.15, 0.2) is 5.78 Å². The van der Waals surface area contributed by atoms with Crippen LogP contribution in [0, 0.1) is 0 Å². The number of likely N-dealkylation sites (tertiary alicyclic amines) is 2. The van der Waals surface area contributed by atoms with Crippen LogP contribution < -0.4 is 10.6 Å². The van der Waals surface area contributed by atoms with E-state index in [-0.39, 0.29) is 42.3 Å². The first kappa shape index (κ1) is 44.8. The first-order valence-corrected chi connectivity index (χ1v) is 23.1. The van der Waals surface area contributed by atoms with Crippen LogP contribution in [0.2, 0.25) is 0 Å². The largest absolute Gasteiger partial charge is 0.447 e. The number of carbonyl (C=O) groups excluding carboxylic acids is 5. The normalized spacial score (nSPS) is 17.0. The molecule has 0 spiro atoms. The maximum Gasteiger partial charge on any atom is 0.408 e. The second-order valence-electron chi connectivity index (χ2n) is 17.2. The van der Waals surface area contributed by atoms with Crippen molar-refractivity contribution in [3.8, 4) is 21.7 Å². The molecule has 4 atom stereocenters. The Morgan fingerprint density at radius 3 is 1.89 bits per heavy atom. The molecule has 3 N–H and O–H groups in total. The van der Waals surface area contributed by atoms with Gasteiger partial charge in [0.1, 0.15) is 17.1 Å². The minimum absolute atomic E-state index is 0.0475. The number of benzene rings is 4. The number of hydrogen-bond acceptors (Lipinski definition) is 9. The highest BCUT2D eigenvalue weighted by atomic mass is 32.1. The molecule has 8 rings (SSSR count). The van der Waals surface area contributed by atoms with E-state index in [9.17, 15) is 24.0 Å². The lowest BCUT2D eigenvalue weighted by atomic mass is 9.99. The van der Waals surface area contributed by atoms with Crippen molar-refractivity contribution in [1.82, 2.24) is 30.4 Å². The van der Waals surface area contributed by atoms with Gasteiger partial charge in [-0.2, -0.15) is 0 Å². The fraction of sp³-hybridized carbons (Fsp3) is 0.333. The van der Waals surface area contributed by atoms with Gasteiger partial charge in [0, 0.05) is 42.3 Å². The van der Waals surface area contributed by atoms with Gasteiger partial charge in [-0.15, -0.1) is 11.3 Å². The SMILES string of the molecule is CC(C)OC(=O)N[C@@H](C(=O)N1CCC[C@H]1C(=O)Cc1ccc2[nH]c(-c3ccc(-c4cnc([C@@H]5CCCN5C(=O)[C@H](NC(=O)OC(C)C)c5ccccc5)s4)cc3)cc2c1)c1ccccc1. The van der Waals surface area contributed by atoms with E-state index < -0.39 is 30.3 Å². The molecule has 336 valence electrons. The smallest absolute Gasteiger partial charge is 0.408 e. The molecule has 0 saturated carbocycles. The van der Waals surface area contributed by atoms with Crippen molar-refractivity contribution >= 4 is 52.0 Å². The average Bonchev–Trinajstić information content (AvgIpc) is 4.14. The lowest BCUT2D eigenvalue weighted by molar-refractivity contribution is -0.139.